The molecule has 2 spiro atoms. The van der Waals surface area contributed by atoms with Crippen molar-refractivity contribution in [2.75, 3.05) is 6.61 Å². The lowest BCUT2D eigenvalue weighted by Crippen LogP contribution is -2.60. The highest BCUT2D eigenvalue weighted by atomic mass is 16.7. The molecule has 13 nitrogen and oxygen atoms in total. The van der Waals surface area contributed by atoms with E-state index in [2.05, 4.69) is 34.6 Å². The minimum absolute atomic E-state index is 0.0433. The number of carbonyl (C=O) groups excluding carboxylic acids is 3. The number of rotatable bonds is 12. The van der Waals surface area contributed by atoms with Crippen LogP contribution in [0.2, 0.25) is 0 Å². The monoisotopic (exact) mass is 776 g/mol. The first kappa shape index (κ1) is 42.2. The molecule has 1 heterocycles. The number of ketones is 1. The predicted octanol–water partition coefficient (Wildman–Crippen LogP) is 3.84. The van der Waals surface area contributed by atoms with Crippen LogP contribution in [0.4, 0.5) is 0 Å². The number of hydrogen-bond acceptors (Lipinski definition) is 12. The molecule has 1 aliphatic heterocycles. The Morgan fingerprint density at radius 2 is 1.65 bits per heavy atom. The summed E-state index contributed by atoms with van der Waals surface area (Å²) >= 11 is 0. The van der Waals surface area contributed by atoms with Gasteiger partial charge < -0.3 is 44.8 Å². The molecule has 55 heavy (non-hydrogen) atoms. The molecule has 5 saturated carbocycles. The number of allylic oxidation sites excluding steroid dienone is 1. The van der Waals surface area contributed by atoms with Crippen molar-refractivity contribution < 1.29 is 64.0 Å². The molecule has 6 N–H and O–H groups in total. The van der Waals surface area contributed by atoms with Crippen LogP contribution in [0.5, 0.6) is 0 Å². The van der Waals surface area contributed by atoms with Crippen molar-refractivity contribution in [2.24, 2.45) is 50.7 Å². The van der Waals surface area contributed by atoms with Crippen LogP contribution < -0.4 is 0 Å². The molecule has 310 valence electrons. The molecular weight excluding hydrogens is 712 g/mol. The highest BCUT2D eigenvalue weighted by Crippen LogP contribution is 2.88. The summed E-state index contributed by atoms with van der Waals surface area (Å²) in [7, 11) is 0. The van der Waals surface area contributed by atoms with Crippen LogP contribution in [0.1, 0.15) is 126 Å². The van der Waals surface area contributed by atoms with E-state index >= 15 is 0 Å². The molecular formula is C42H64O13. The van der Waals surface area contributed by atoms with Crippen molar-refractivity contribution in [3.05, 3.63) is 11.6 Å². The largest absolute Gasteiger partial charge is 0.481 e. The number of ether oxygens (including phenoxy) is 3. The lowest BCUT2D eigenvalue weighted by Gasteiger charge is -2.63. The Labute approximate surface area is 324 Å². The average Bonchev–Trinajstić information content (AvgIpc) is 3.65. The van der Waals surface area contributed by atoms with Gasteiger partial charge in [-0.05, 0) is 111 Å². The third-order valence-corrected chi connectivity index (χ3v) is 16.3. The van der Waals surface area contributed by atoms with Gasteiger partial charge in [0.1, 0.15) is 36.8 Å². The molecule has 0 radical (unpaired) electrons. The Bertz CT molecular complexity index is 1570. The van der Waals surface area contributed by atoms with E-state index in [4.69, 9.17) is 19.3 Å². The number of aliphatic hydroxyl groups excluding tert-OH is 4. The van der Waals surface area contributed by atoms with Gasteiger partial charge in [-0.3, -0.25) is 14.4 Å². The summed E-state index contributed by atoms with van der Waals surface area (Å²) in [5.41, 5.74) is -1.57. The quantitative estimate of drug-likeness (QED) is 0.123. The first-order valence-electron chi connectivity index (χ1n) is 20.3. The average molecular weight is 777 g/mol. The summed E-state index contributed by atoms with van der Waals surface area (Å²) in [5.74, 6) is -1.42. The second kappa shape index (κ2) is 14.4. The summed E-state index contributed by atoms with van der Waals surface area (Å²) < 4.78 is 16.0. The summed E-state index contributed by atoms with van der Waals surface area (Å²) in [4.78, 5) is 49.3. The van der Waals surface area contributed by atoms with E-state index in [9.17, 15) is 44.7 Å². The Morgan fingerprint density at radius 3 is 2.33 bits per heavy atom. The van der Waals surface area contributed by atoms with Gasteiger partial charge in [-0.1, -0.05) is 40.7 Å². The summed E-state index contributed by atoms with van der Waals surface area (Å²) in [5, 5.41) is 62.2. The number of Topliss-reactive ketones (excluding diaryl/α,β-unsaturated/α-hetero) is 1. The predicted molar refractivity (Wildman–Crippen MR) is 197 cm³/mol. The normalized spacial score (nSPS) is 44.8. The number of aliphatic hydroxyl groups is 5. The van der Waals surface area contributed by atoms with Crippen molar-refractivity contribution in [1.29, 1.82) is 0 Å². The first-order valence-corrected chi connectivity index (χ1v) is 20.3. The zero-order valence-electron chi connectivity index (χ0n) is 33.6. The first-order chi connectivity index (χ1) is 25.5. The second-order valence-corrected chi connectivity index (χ2v) is 19.7. The number of aliphatic carboxylic acids is 1. The molecule has 1 saturated heterocycles. The molecule has 5 aliphatic carbocycles. The SMILES string of the molecule is C/C(=C/CCC(C)[C@H]1CC[C@@]2(C)[C@@H]3C[C@@H](O)[C@H]4C(C)(C)C(=O)CC[C@@]45CC35CC[C@]12C)C(=O)O[C@@H]1O[C@H](COC(=O)CC(C)(O)CC(=O)O)[C@@H](O)[C@H](O)[C@H]1O. The lowest BCUT2D eigenvalue weighted by atomic mass is 9.41. The van der Waals surface area contributed by atoms with Crippen molar-refractivity contribution in [3.63, 3.8) is 0 Å². The Balaban J connectivity index is 1.03. The minimum atomic E-state index is -1.88. The van der Waals surface area contributed by atoms with Crippen LogP contribution in [-0.4, -0.2) is 103 Å². The molecule has 0 amide bonds. The standard InChI is InChI=1S/C42H64O13/c1-22(24-11-13-40(7)27-17-25(43)34-37(3,4)28(44)12-14-42(34)21-41(27,42)16-15-39(24,40)6)9-8-10-23(2)35(51)55-36-33(50)32(49)31(48)26(54-36)20-53-30(47)19-38(5,52)18-29(45)46/h10,22,24-27,31-34,36,43,48-50,52H,8-9,11-21H2,1-7H3,(H,45,46)/b23-10-/t22?,24-,25-,26-,27+,31-,32+,33-,34+,36+,38?,39-,40+,41?,42-/m1/s1. The van der Waals surface area contributed by atoms with Crippen LogP contribution >= 0.6 is 0 Å². The van der Waals surface area contributed by atoms with E-state index in [1.165, 1.54) is 0 Å². The van der Waals surface area contributed by atoms with E-state index in [0.29, 0.717) is 36.4 Å². The highest BCUT2D eigenvalue weighted by Gasteiger charge is 2.83. The van der Waals surface area contributed by atoms with Crippen LogP contribution in [0.15, 0.2) is 11.6 Å². The van der Waals surface area contributed by atoms with Crippen molar-refractivity contribution >= 4 is 23.7 Å². The smallest absolute Gasteiger partial charge is 0.335 e. The molecule has 6 aliphatic rings. The lowest BCUT2D eigenvalue weighted by molar-refractivity contribution is -0.292. The van der Waals surface area contributed by atoms with Crippen LogP contribution in [-0.2, 0) is 33.4 Å². The van der Waals surface area contributed by atoms with Gasteiger partial charge in [-0.25, -0.2) is 4.79 Å². The fraction of sp³-hybridized carbons (Fsp3) is 0.857. The van der Waals surface area contributed by atoms with E-state index in [-0.39, 0.29) is 33.2 Å². The van der Waals surface area contributed by atoms with E-state index in [1.54, 1.807) is 13.0 Å². The maximum Gasteiger partial charge on any atom is 0.335 e. The summed E-state index contributed by atoms with van der Waals surface area (Å²) in [6.07, 6.45) is 1.15. The zero-order chi connectivity index (χ0) is 40.7. The zero-order valence-corrected chi connectivity index (χ0v) is 33.6. The Hall–Kier alpha value is -2.42. The van der Waals surface area contributed by atoms with Gasteiger partial charge in [-0.15, -0.1) is 0 Å². The molecule has 0 aromatic rings. The maximum absolute atomic E-state index is 13.1. The fourth-order valence-electron chi connectivity index (χ4n) is 13.3. The topological polar surface area (TPSA) is 217 Å². The molecule has 15 atom stereocenters. The van der Waals surface area contributed by atoms with Gasteiger partial charge in [-0.2, -0.15) is 0 Å². The maximum atomic E-state index is 13.1. The number of fused-ring (bicyclic) bond motifs is 2. The number of carboxylic acid groups (broad SMARTS) is 1. The van der Waals surface area contributed by atoms with E-state index in [0.717, 1.165) is 58.3 Å². The third-order valence-electron chi connectivity index (χ3n) is 16.3. The molecule has 3 unspecified atom stereocenters. The number of carboxylic acids is 1. The molecule has 0 bridgehead atoms. The summed E-state index contributed by atoms with van der Waals surface area (Å²) in [6, 6.07) is 0. The van der Waals surface area contributed by atoms with Gasteiger partial charge in [0.25, 0.3) is 0 Å². The fourth-order valence-corrected chi connectivity index (χ4v) is 13.3. The van der Waals surface area contributed by atoms with Crippen molar-refractivity contribution in [1.82, 2.24) is 0 Å². The molecule has 0 aromatic carbocycles. The van der Waals surface area contributed by atoms with Gasteiger partial charge in [0, 0.05) is 23.3 Å². The number of carbonyl (C=O) groups is 4. The summed E-state index contributed by atoms with van der Waals surface area (Å²) in [6.45, 7) is 13.5. The van der Waals surface area contributed by atoms with Gasteiger partial charge in [0.2, 0.25) is 6.29 Å². The van der Waals surface area contributed by atoms with E-state index in [1.807, 2.05) is 0 Å². The molecule has 6 fully saturated rings. The van der Waals surface area contributed by atoms with Crippen LogP contribution in [0.25, 0.3) is 0 Å². The Kier molecular flexibility index (Phi) is 11.1. The number of hydrogen-bond donors (Lipinski definition) is 6. The molecule has 6 rings (SSSR count). The third kappa shape index (κ3) is 6.90. The second-order valence-electron chi connectivity index (χ2n) is 19.7. The van der Waals surface area contributed by atoms with Gasteiger partial charge in [0.05, 0.1) is 24.5 Å². The molecule has 0 aromatic heterocycles. The van der Waals surface area contributed by atoms with Crippen molar-refractivity contribution in [3.8, 4) is 0 Å². The number of esters is 2. The van der Waals surface area contributed by atoms with E-state index < -0.39 is 85.2 Å². The van der Waals surface area contributed by atoms with Gasteiger partial charge in [0.15, 0.2) is 0 Å². The highest BCUT2D eigenvalue weighted by molar-refractivity contribution is 5.88. The van der Waals surface area contributed by atoms with Crippen LogP contribution in [0.3, 0.4) is 0 Å². The van der Waals surface area contributed by atoms with Crippen LogP contribution in [0, 0.1) is 50.7 Å². The minimum Gasteiger partial charge on any atom is -0.481 e. The van der Waals surface area contributed by atoms with Gasteiger partial charge >= 0.3 is 17.9 Å². The molecule has 13 heteroatoms. The van der Waals surface area contributed by atoms with Crippen molar-refractivity contribution in [2.45, 2.75) is 168 Å². The Morgan fingerprint density at radius 1 is 0.964 bits per heavy atom.